The molecule has 1 fully saturated rings. The predicted molar refractivity (Wildman–Crippen MR) is 124 cm³/mol. The number of carbonyl (C=O) groups is 1. The van der Waals surface area contributed by atoms with E-state index in [1.807, 2.05) is 44.2 Å². The van der Waals surface area contributed by atoms with E-state index >= 15 is 0 Å². The number of nitrogens with zero attached hydrogens (tertiary/aromatic N) is 1. The van der Waals surface area contributed by atoms with Crippen molar-refractivity contribution in [2.75, 3.05) is 36.9 Å². The second-order valence-corrected chi connectivity index (χ2v) is 10.4. The van der Waals surface area contributed by atoms with Gasteiger partial charge in [-0.2, -0.15) is 0 Å². The Morgan fingerprint density at radius 2 is 1.68 bits per heavy atom. The Morgan fingerprint density at radius 1 is 1.06 bits per heavy atom. The first-order chi connectivity index (χ1) is 14.7. The summed E-state index contributed by atoms with van der Waals surface area (Å²) in [7, 11) is -3.63. The third-order valence-corrected chi connectivity index (χ3v) is 7.10. The highest BCUT2D eigenvalue weighted by Gasteiger charge is 2.35. The van der Waals surface area contributed by atoms with Gasteiger partial charge in [0.05, 0.1) is 11.9 Å². The molecule has 0 bridgehead atoms. The lowest BCUT2D eigenvalue weighted by molar-refractivity contribution is -0.120. The molecule has 3 rings (SSSR count). The quantitative estimate of drug-likeness (QED) is 0.677. The van der Waals surface area contributed by atoms with E-state index in [1.165, 1.54) is 9.87 Å². The summed E-state index contributed by atoms with van der Waals surface area (Å²) >= 11 is 0. The number of nitrogens with one attached hydrogen (secondary N) is 1. The van der Waals surface area contributed by atoms with E-state index < -0.39 is 10.0 Å². The normalized spacial score (nSPS) is 16.1. The molecule has 1 heterocycles. The third-order valence-electron chi connectivity index (χ3n) is 5.98. The lowest BCUT2D eigenvalue weighted by atomic mass is 9.74. The molecule has 1 aliphatic heterocycles. The van der Waals surface area contributed by atoms with Crippen LogP contribution >= 0.6 is 0 Å². The van der Waals surface area contributed by atoms with Gasteiger partial charge in [0.1, 0.15) is 6.54 Å². The Balaban J connectivity index is 1.79. The highest BCUT2D eigenvalue weighted by Crippen LogP contribution is 2.34. The molecule has 0 atom stereocenters. The largest absolute Gasteiger partial charge is 0.381 e. The van der Waals surface area contributed by atoms with Crippen molar-refractivity contribution in [3.8, 4) is 0 Å². The van der Waals surface area contributed by atoms with Crippen molar-refractivity contribution in [2.24, 2.45) is 0 Å². The molecular weight excluding hydrogens is 412 g/mol. The smallest absolute Gasteiger partial charge is 0.240 e. The molecule has 0 unspecified atom stereocenters. The van der Waals surface area contributed by atoms with Crippen molar-refractivity contribution in [1.82, 2.24) is 5.32 Å². The van der Waals surface area contributed by atoms with Crippen LogP contribution in [0.2, 0.25) is 0 Å². The maximum Gasteiger partial charge on any atom is 0.240 e. The predicted octanol–water partition coefficient (Wildman–Crippen LogP) is 3.44. The molecule has 6 nitrogen and oxygen atoms in total. The molecular formula is C24H32N2O4S. The summed E-state index contributed by atoms with van der Waals surface area (Å²) in [6.07, 6.45) is 2.76. The molecule has 7 heteroatoms. The zero-order valence-electron chi connectivity index (χ0n) is 18.5. The molecule has 0 spiro atoms. The minimum absolute atomic E-state index is 0.132. The van der Waals surface area contributed by atoms with Gasteiger partial charge in [0.2, 0.25) is 15.9 Å². The molecule has 168 valence electrons. The van der Waals surface area contributed by atoms with Crippen LogP contribution < -0.4 is 9.62 Å². The van der Waals surface area contributed by atoms with Crippen LogP contribution in [0.15, 0.2) is 54.6 Å². The van der Waals surface area contributed by atoms with Crippen LogP contribution in [-0.2, 0) is 25.0 Å². The van der Waals surface area contributed by atoms with Crippen LogP contribution in [0.1, 0.15) is 43.7 Å². The first-order valence-corrected chi connectivity index (χ1v) is 12.5. The summed E-state index contributed by atoms with van der Waals surface area (Å²) in [6.45, 7) is 5.50. The van der Waals surface area contributed by atoms with Crippen molar-refractivity contribution in [1.29, 1.82) is 0 Å². The summed E-state index contributed by atoms with van der Waals surface area (Å²) in [5, 5.41) is 3.01. The molecule has 0 aliphatic carbocycles. The SMILES string of the molecule is CC(C)c1ccccc1N(CC(=O)NCC1(c2ccccc2)CCOCC1)S(C)(=O)=O. The number of amides is 1. The van der Waals surface area contributed by atoms with E-state index in [-0.39, 0.29) is 23.8 Å². The van der Waals surface area contributed by atoms with Crippen molar-refractivity contribution >= 4 is 21.6 Å². The maximum absolute atomic E-state index is 12.9. The highest BCUT2D eigenvalue weighted by molar-refractivity contribution is 7.92. The van der Waals surface area contributed by atoms with Crippen LogP contribution in [0.3, 0.4) is 0 Å². The second kappa shape index (κ2) is 9.83. The molecule has 1 amide bonds. The van der Waals surface area contributed by atoms with Gasteiger partial charge in [-0.15, -0.1) is 0 Å². The van der Waals surface area contributed by atoms with Crippen LogP contribution in [0.25, 0.3) is 0 Å². The van der Waals surface area contributed by atoms with Gasteiger partial charge in [0, 0.05) is 25.2 Å². The molecule has 0 radical (unpaired) electrons. The number of ether oxygens (including phenoxy) is 1. The van der Waals surface area contributed by atoms with Gasteiger partial charge in [-0.25, -0.2) is 8.42 Å². The number of carbonyl (C=O) groups excluding carboxylic acids is 1. The fraction of sp³-hybridized carbons (Fsp3) is 0.458. The zero-order valence-corrected chi connectivity index (χ0v) is 19.3. The summed E-state index contributed by atoms with van der Waals surface area (Å²) in [5.41, 5.74) is 2.41. The molecule has 2 aromatic rings. The van der Waals surface area contributed by atoms with Crippen LogP contribution in [-0.4, -0.2) is 46.9 Å². The second-order valence-electron chi connectivity index (χ2n) is 8.52. The van der Waals surface area contributed by atoms with Gasteiger partial charge in [-0.1, -0.05) is 62.4 Å². The number of sulfonamides is 1. The minimum Gasteiger partial charge on any atom is -0.381 e. The minimum atomic E-state index is -3.63. The van der Waals surface area contributed by atoms with Crippen LogP contribution in [0.5, 0.6) is 0 Å². The fourth-order valence-electron chi connectivity index (χ4n) is 4.16. The van der Waals surface area contributed by atoms with E-state index in [9.17, 15) is 13.2 Å². The van der Waals surface area contributed by atoms with Gasteiger partial charge in [0.25, 0.3) is 0 Å². The van der Waals surface area contributed by atoms with E-state index in [0.717, 1.165) is 24.7 Å². The van der Waals surface area contributed by atoms with Gasteiger partial charge >= 0.3 is 0 Å². The Labute approximate surface area is 185 Å². The Morgan fingerprint density at radius 3 is 2.29 bits per heavy atom. The molecule has 31 heavy (non-hydrogen) atoms. The standard InChI is InChI=1S/C24H32N2O4S/c1-19(2)21-11-7-8-12-22(21)26(31(3,28)29)17-23(27)25-18-24(13-15-30-16-14-24)20-9-5-4-6-10-20/h4-12,19H,13-18H2,1-3H3,(H,25,27). The molecule has 1 aliphatic rings. The van der Waals surface area contributed by atoms with Crippen molar-refractivity contribution in [3.63, 3.8) is 0 Å². The summed E-state index contributed by atoms with van der Waals surface area (Å²) in [6, 6.07) is 17.5. The number of hydrogen-bond acceptors (Lipinski definition) is 4. The monoisotopic (exact) mass is 444 g/mol. The Bertz CT molecular complexity index is 984. The maximum atomic E-state index is 12.9. The first kappa shape index (κ1) is 23.3. The lowest BCUT2D eigenvalue weighted by Gasteiger charge is -2.38. The van der Waals surface area contributed by atoms with Crippen molar-refractivity contribution in [2.45, 2.75) is 38.0 Å². The van der Waals surface area contributed by atoms with E-state index in [0.29, 0.717) is 25.4 Å². The third kappa shape index (κ3) is 5.66. The van der Waals surface area contributed by atoms with Crippen LogP contribution in [0.4, 0.5) is 5.69 Å². The number of benzene rings is 2. The van der Waals surface area contributed by atoms with E-state index in [4.69, 9.17) is 4.74 Å². The Hall–Kier alpha value is -2.38. The first-order valence-electron chi connectivity index (χ1n) is 10.7. The molecule has 0 aromatic heterocycles. The molecule has 1 saturated heterocycles. The number of anilines is 1. The lowest BCUT2D eigenvalue weighted by Crippen LogP contribution is -2.48. The van der Waals surface area contributed by atoms with Gasteiger partial charge in [-0.3, -0.25) is 9.10 Å². The van der Waals surface area contributed by atoms with Crippen LogP contribution in [0, 0.1) is 0 Å². The highest BCUT2D eigenvalue weighted by atomic mass is 32.2. The number of rotatable bonds is 8. The van der Waals surface area contributed by atoms with Gasteiger partial charge < -0.3 is 10.1 Å². The van der Waals surface area contributed by atoms with Gasteiger partial charge in [-0.05, 0) is 36.0 Å². The van der Waals surface area contributed by atoms with E-state index in [2.05, 4.69) is 17.4 Å². The van der Waals surface area contributed by atoms with Crippen molar-refractivity contribution in [3.05, 3.63) is 65.7 Å². The topological polar surface area (TPSA) is 75.7 Å². The average Bonchev–Trinajstić information content (AvgIpc) is 2.76. The number of para-hydroxylation sites is 1. The van der Waals surface area contributed by atoms with Gasteiger partial charge in [0.15, 0.2) is 0 Å². The summed E-state index contributed by atoms with van der Waals surface area (Å²) < 4.78 is 31.9. The van der Waals surface area contributed by atoms with Crippen molar-refractivity contribution < 1.29 is 17.9 Å². The molecule has 2 aromatic carbocycles. The van der Waals surface area contributed by atoms with E-state index in [1.54, 1.807) is 12.1 Å². The number of hydrogen-bond donors (Lipinski definition) is 1. The zero-order chi connectivity index (χ0) is 22.5. The summed E-state index contributed by atoms with van der Waals surface area (Å²) in [4.78, 5) is 12.9. The molecule has 1 N–H and O–H groups in total. The Kier molecular flexibility index (Phi) is 7.38. The average molecular weight is 445 g/mol. The summed E-state index contributed by atoms with van der Waals surface area (Å²) in [5.74, 6) is -0.183. The molecule has 0 saturated carbocycles. The fourth-order valence-corrected chi connectivity index (χ4v) is 5.03.